The number of hydrogen-bond acceptors (Lipinski definition) is 3. The highest BCUT2D eigenvalue weighted by Crippen LogP contribution is 2.09. The van der Waals surface area contributed by atoms with Crippen molar-refractivity contribution in [2.45, 2.75) is 0 Å². The molecule has 1 N–H and O–H groups in total. The highest BCUT2D eigenvalue weighted by Gasteiger charge is 2.09. The number of carboxylic acids is 1. The predicted molar refractivity (Wildman–Crippen MR) is 23.6 cm³/mol. The van der Waals surface area contributed by atoms with Gasteiger partial charge in [-0.15, -0.1) is 0 Å². The molecule has 0 aliphatic rings. The van der Waals surface area contributed by atoms with Crippen LogP contribution in [0.15, 0.2) is 10.6 Å². The summed E-state index contributed by atoms with van der Waals surface area (Å²) in [6.07, 6.45) is 0. The van der Waals surface area contributed by atoms with Crippen molar-refractivity contribution in [3.8, 4) is 5.95 Å². The third-order valence-electron chi connectivity index (χ3n) is 0.708. The van der Waals surface area contributed by atoms with Crippen LogP contribution in [0.1, 0.15) is 10.5 Å². The van der Waals surface area contributed by atoms with Crippen molar-refractivity contribution in [1.29, 1.82) is 0 Å². The molecule has 0 atom stereocenters. The lowest BCUT2D eigenvalue weighted by Gasteiger charge is -1.75. The quantitative estimate of drug-likeness (QED) is 0.597. The van der Waals surface area contributed by atoms with Gasteiger partial charge in [-0.3, -0.25) is 0 Å². The topological polar surface area (TPSA) is 83.2 Å². The van der Waals surface area contributed by atoms with E-state index in [1.165, 1.54) is 0 Å². The molecule has 0 spiro atoms. The van der Waals surface area contributed by atoms with Crippen LogP contribution in [0.4, 0.5) is 0 Å². The summed E-state index contributed by atoms with van der Waals surface area (Å²) >= 11 is 0. The van der Waals surface area contributed by atoms with E-state index in [-0.39, 0.29) is 5.69 Å². The maximum Gasteiger partial charge on any atom is 0.361 e. The van der Waals surface area contributed by atoms with E-state index in [9.17, 15) is 9.90 Å². The fourth-order valence-electron chi connectivity index (χ4n) is 0.359. The number of aromatic nitrogens is 1. The summed E-state index contributed by atoms with van der Waals surface area (Å²) in [6.45, 7) is 0. The van der Waals surface area contributed by atoms with Crippen LogP contribution in [-0.2, 0) is 5.11 Å². The summed E-state index contributed by atoms with van der Waals surface area (Å²) in [5.41, 5.74) is -0.361. The molecule has 9 heavy (non-hydrogen) atoms. The van der Waals surface area contributed by atoms with Crippen LogP contribution in [0, 0.1) is 0 Å². The van der Waals surface area contributed by atoms with Crippen LogP contribution in [0.5, 0.6) is 5.95 Å². The maximum atomic E-state index is 10.1. The Morgan fingerprint density at radius 3 is 2.67 bits per heavy atom. The minimum absolute atomic E-state index is 0.361. The van der Waals surface area contributed by atoms with Crippen molar-refractivity contribution in [2.24, 2.45) is 0 Å². The Morgan fingerprint density at radius 1 is 1.78 bits per heavy atom. The number of nitrogens with zero attached hydrogens (tertiary/aromatic N) is 1. The van der Waals surface area contributed by atoms with Crippen molar-refractivity contribution in [3.05, 3.63) is 11.8 Å². The van der Waals surface area contributed by atoms with Gasteiger partial charge < -0.3 is 9.63 Å². The van der Waals surface area contributed by atoms with Gasteiger partial charge in [0.25, 0.3) is 0 Å². The van der Waals surface area contributed by atoms with E-state index in [2.05, 4.69) is 9.68 Å². The van der Waals surface area contributed by atoms with E-state index in [1.54, 1.807) is 0 Å². The molecule has 0 saturated heterocycles. The first-order chi connectivity index (χ1) is 4.20. The highest BCUT2D eigenvalue weighted by atomic mass is 16.5. The van der Waals surface area contributed by atoms with E-state index >= 15 is 0 Å². The molecule has 5 nitrogen and oxygen atoms in total. The normalized spacial score (nSPS) is 9.33. The predicted octanol–water partition coefficient (Wildman–Crippen LogP) is 0.517. The third-order valence-corrected chi connectivity index (χ3v) is 0.708. The first-order valence-corrected chi connectivity index (χ1v) is 2.07. The Balaban J connectivity index is 2.98. The van der Waals surface area contributed by atoms with Crippen LogP contribution in [0.2, 0.25) is 0 Å². The number of aromatic carboxylic acids is 1. The minimum atomic E-state index is -1.26. The number of rotatable bonds is 1. The Hall–Kier alpha value is -1.52. The first kappa shape index (κ1) is 5.61. The fraction of sp³-hybridized carbons (Fsp3) is 0. The van der Waals surface area contributed by atoms with Crippen LogP contribution in [0.25, 0.3) is 0 Å². The maximum absolute atomic E-state index is 10.1. The molecule has 1 aromatic heterocycles. The second-order valence-corrected chi connectivity index (χ2v) is 1.34. The molecule has 0 aliphatic heterocycles. The molecule has 1 rings (SSSR count). The number of carbonyl (C=O) groups is 1. The molecule has 0 amide bonds. The van der Waals surface area contributed by atoms with E-state index in [0.29, 0.717) is 0 Å². The number of carboxylic acid groups (broad SMARTS) is 1. The third kappa shape index (κ3) is 0.987. The second kappa shape index (κ2) is 1.77. The van der Waals surface area contributed by atoms with Gasteiger partial charge in [-0.2, -0.15) is 0 Å². The summed E-state index contributed by atoms with van der Waals surface area (Å²) in [7, 11) is 0. The zero-order chi connectivity index (χ0) is 6.85. The lowest BCUT2D eigenvalue weighted by molar-refractivity contribution is 0.0685. The smallest absolute Gasteiger partial charge is 0.361 e. The molecule has 0 fully saturated rings. The lowest BCUT2D eigenvalue weighted by Crippen LogP contribution is -1.94. The van der Waals surface area contributed by atoms with Gasteiger partial charge in [-0.05, 0) is 0 Å². The molecule has 1 radical (unpaired) electrons. The molecular formula is C4H2NO4. The highest BCUT2D eigenvalue weighted by molar-refractivity contribution is 5.85. The molecule has 1 aromatic rings. The van der Waals surface area contributed by atoms with Crippen molar-refractivity contribution >= 4 is 5.97 Å². The van der Waals surface area contributed by atoms with Gasteiger partial charge in [-0.1, -0.05) is 5.16 Å². The zero-order valence-electron chi connectivity index (χ0n) is 4.20. The summed E-state index contributed by atoms with van der Waals surface area (Å²) in [5.74, 6) is -2.01. The molecule has 5 heteroatoms. The molecular weight excluding hydrogens is 126 g/mol. The van der Waals surface area contributed by atoms with Gasteiger partial charge in [0.2, 0.25) is 0 Å². The Kier molecular flexibility index (Phi) is 1.11. The monoisotopic (exact) mass is 128 g/mol. The van der Waals surface area contributed by atoms with Crippen LogP contribution >= 0.6 is 0 Å². The van der Waals surface area contributed by atoms with Crippen molar-refractivity contribution in [3.63, 3.8) is 0 Å². The molecule has 0 aliphatic carbocycles. The first-order valence-electron chi connectivity index (χ1n) is 2.07. The molecule has 1 heterocycles. The van der Waals surface area contributed by atoms with Crippen LogP contribution in [0.3, 0.4) is 0 Å². The SMILES string of the molecule is [O]c1cc(C(=O)O)no1. The molecule has 0 unspecified atom stereocenters. The molecule has 0 bridgehead atoms. The van der Waals surface area contributed by atoms with Gasteiger partial charge in [0.05, 0.1) is 6.07 Å². The van der Waals surface area contributed by atoms with Gasteiger partial charge in [-0.25, -0.2) is 9.90 Å². The van der Waals surface area contributed by atoms with Crippen molar-refractivity contribution < 1.29 is 19.5 Å². The van der Waals surface area contributed by atoms with Gasteiger partial charge in [0, 0.05) is 0 Å². The fourth-order valence-corrected chi connectivity index (χ4v) is 0.359. The van der Waals surface area contributed by atoms with Crippen molar-refractivity contribution in [2.75, 3.05) is 0 Å². The molecule has 47 valence electrons. The second-order valence-electron chi connectivity index (χ2n) is 1.34. The zero-order valence-corrected chi connectivity index (χ0v) is 4.20. The Morgan fingerprint density at radius 2 is 2.44 bits per heavy atom. The van der Waals surface area contributed by atoms with E-state index in [1.807, 2.05) is 0 Å². The molecule has 0 saturated carbocycles. The van der Waals surface area contributed by atoms with Crippen molar-refractivity contribution in [1.82, 2.24) is 5.16 Å². The van der Waals surface area contributed by atoms with Gasteiger partial charge >= 0.3 is 11.9 Å². The summed E-state index contributed by atoms with van der Waals surface area (Å²) in [4.78, 5) is 9.95. The summed E-state index contributed by atoms with van der Waals surface area (Å²) in [6, 6.07) is 0.808. The van der Waals surface area contributed by atoms with E-state index < -0.39 is 11.9 Å². The van der Waals surface area contributed by atoms with E-state index in [0.717, 1.165) is 6.07 Å². The van der Waals surface area contributed by atoms with Gasteiger partial charge in [0.15, 0.2) is 5.69 Å². The summed E-state index contributed by atoms with van der Waals surface area (Å²) in [5, 5.41) is 21.2. The average Bonchev–Trinajstić information content (AvgIpc) is 2.14. The average molecular weight is 128 g/mol. The molecule has 0 aromatic carbocycles. The van der Waals surface area contributed by atoms with E-state index in [4.69, 9.17) is 5.11 Å². The number of hydrogen-bond donors (Lipinski definition) is 1. The van der Waals surface area contributed by atoms with Gasteiger partial charge in [0.1, 0.15) is 0 Å². The Labute approximate surface area is 49.5 Å². The van der Waals surface area contributed by atoms with Crippen LogP contribution < -0.4 is 0 Å². The largest absolute Gasteiger partial charge is 0.476 e. The van der Waals surface area contributed by atoms with Crippen LogP contribution in [-0.4, -0.2) is 16.2 Å². The minimum Gasteiger partial charge on any atom is -0.476 e. The standard InChI is InChI=1S/C4H2NO4/c6-3-1-2(4(7)8)5-9-3/h1H,(H,7,8). The lowest BCUT2D eigenvalue weighted by atomic mass is 10.4. The Bertz CT molecular complexity index is 228. The summed E-state index contributed by atoms with van der Waals surface area (Å²) < 4.78 is 3.94.